The number of anilines is 1. The van der Waals surface area contributed by atoms with Gasteiger partial charge in [0.25, 0.3) is 0 Å². The SMILES string of the molecule is CC(C)NCc1cc(Br)cnc1N(C)Cc1ccccc1. The third-order valence-electron chi connectivity index (χ3n) is 3.23. The number of rotatable bonds is 6. The zero-order valence-corrected chi connectivity index (χ0v) is 14.4. The maximum Gasteiger partial charge on any atom is 0.133 e. The van der Waals surface area contributed by atoms with Gasteiger partial charge in [-0.05, 0) is 27.6 Å². The zero-order chi connectivity index (χ0) is 15.2. The van der Waals surface area contributed by atoms with Gasteiger partial charge >= 0.3 is 0 Å². The summed E-state index contributed by atoms with van der Waals surface area (Å²) in [5.74, 6) is 1.02. The van der Waals surface area contributed by atoms with Crippen LogP contribution in [0.5, 0.6) is 0 Å². The molecule has 1 N–H and O–H groups in total. The molecule has 0 radical (unpaired) electrons. The van der Waals surface area contributed by atoms with Crippen molar-refractivity contribution in [1.82, 2.24) is 10.3 Å². The topological polar surface area (TPSA) is 28.2 Å². The van der Waals surface area contributed by atoms with Crippen molar-refractivity contribution < 1.29 is 0 Å². The number of benzene rings is 1. The summed E-state index contributed by atoms with van der Waals surface area (Å²) in [6, 6.07) is 13.1. The average Bonchev–Trinajstić information content (AvgIpc) is 2.46. The fourth-order valence-corrected chi connectivity index (χ4v) is 2.57. The Morgan fingerprint density at radius 3 is 2.62 bits per heavy atom. The van der Waals surface area contributed by atoms with Gasteiger partial charge in [0, 0.05) is 42.4 Å². The van der Waals surface area contributed by atoms with Gasteiger partial charge in [0.2, 0.25) is 0 Å². The first-order valence-electron chi connectivity index (χ1n) is 7.19. The number of nitrogens with one attached hydrogen (secondary N) is 1. The van der Waals surface area contributed by atoms with Gasteiger partial charge in [-0.25, -0.2) is 4.98 Å². The molecule has 4 heteroatoms. The highest BCUT2D eigenvalue weighted by molar-refractivity contribution is 9.10. The summed E-state index contributed by atoms with van der Waals surface area (Å²) >= 11 is 3.51. The van der Waals surface area contributed by atoms with E-state index in [-0.39, 0.29) is 0 Å². The largest absolute Gasteiger partial charge is 0.355 e. The highest BCUT2D eigenvalue weighted by Gasteiger charge is 2.11. The van der Waals surface area contributed by atoms with Crippen LogP contribution in [0.4, 0.5) is 5.82 Å². The van der Waals surface area contributed by atoms with Crippen LogP contribution in [0, 0.1) is 0 Å². The van der Waals surface area contributed by atoms with Crippen LogP contribution in [-0.4, -0.2) is 18.1 Å². The molecule has 0 fully saturated rings. The van der Waals surface area contributed by atoms with Crippen molar-refractivity contribution in [3.63, 3.8) is 0 Å². The summed E-state index contributed by atoms with van der Waals surface area (Å²) in [5.41, 5.74) is 2.49. The average molecular weight is 348 g/mol. The molecule has 0 atom stereocenters. The van der Waals surface area contributed by atoms with Gasteiger partial charge in [-0.3, -0.25) is 0 Å². The Kier molecular flexibility index (Phi) is 5.76. The standard InChI is InChI=1S/C17H22BrN3/c1-13(2)19-10-15-9-16(18)11-20-17(15)21(3)12-14-7-5-4-6-8-14/h4-9,11,13,19H,10,12H2,1-3H3. The van der Waals surface area contributed by atoms with Crippen LogP contribution in [0.1, 0.15) is 25.0 Å². The molecule has 2 rings (SSSR count). The third-order valence-corrected chi connectivity index (χ3v) is 3.67. The summed E-state index contributed by atoms with van der Waals surface area (Å²) < 4.78 is 1.01. The van der Waals surface area contributed by atoms with Crippen LogP contribution in [0.15, 0.2) is 47.1 Å². The highest BCUT2D eigenvalue weighted by atomic mass is 79.9. The van der Waals surface area contributed by atoms with Crippen molar-refractivity contribution in [2.75, 3.05) is 11.9 Å². The van der Waals surface area contributed by atoms with E-state index >= 15 is 0 Å². The number of pyridine rings is 1. The Morgan fingerprint density at radius 2 is 1.95 bits per heavy atom. The van der Waals surface area contributed by atoms with Crippen LogP contribution < -0.4 is 10.2 Å². The summed E-state index contributed by atoms with van der Waals surface area (Å²) in [7, 11) is 2.09. The van der Waals surface area contributed by atoms with Crippen molar-refractivity contribution in [2.45, 2.75) is 33.0 Å². The second-order valence-electron chi connectivity index (χ2n) is 5.51. The summed E-state index contributed by atoms with van der Waals surface area (Å²) in [4.78, 5) is 6.78. The molecular formula is C17H22BrN3. The molecule has 112 valence electrons. The lowest BCUT2D eigenvalue weighted by Gasteiger charge is -2.22. The minimum absolute atomic E-state index is 0.455. The predicted molar refractivity (Wildman–Crippen MR) is 92.5 cm³/mol. The van der Waals surface area contributed by atoms with Gasteiger partial charge in [0.15, 0.2) is 0 Å². The first-order chi connectivity index (χ1) is 10.1. The first-order valence-corrected chi connectivity index (χ1v) is 7.98. The number of hydrogen-bond donors (Lipinski definition) is 1. The normalized spacial score (nSPS) is 10.9. The van der Waals surface area contributed by atoms with Crippen molar-refractivity contribution in [1.29, 1.82) is 0 Å². The Labute approximate surface area is 135 Å². The van der Waals surface area contributed by atoms with Gasteiger partial charge in [-0.15, -0.1) is 0 Å². The van der Waals surface area contributed by atoms with Crippen LogP contribution in [0.2, 0.25) is 0 Å². The van der Waals surface area contributed by atoms with Gasteiger partial charge in [0.1, 0.15) is 5.82 Å². The second kappa shape index (κ2) is 7.57. The predicted octanol–water partition coefficient (Wildman–Crippen LogP) is 3.98. The minimum Gasteiger partial charge on any atom is -0.355 e. The van der Waals surface area contributed by atoms with E-state index in [0.717, 1.165) is 23.4 Å². The molecule has 0 amide bonds. The van der Waals surface area contributed by atoms with Gasteiger partial charge < -0.3 is 10.2 Å². The van der Waals surface area contributed by atoms with Gasteiger partial charge in [0.05, 0.1) is 0 Å². The van der Waals surface area contributed by atoms with E-state index < -0.39 is 0 Å². The molecule has 0 aliphatic carbocycles. The Morgan fingerprint density at radius 1 is 1.24 bits per heavy atom. The summed E-state index contributed by atoms with van der Waals surface area (Å²) in [6.07, 6.45) is 1.86. The molecule has 21 heavy (non-hydrogen) atoms. The molecule has 0 saturated heterocycles. The third kappa shape index (κ3) is 4.83. The van der Waals surface area contributed by atoms with Crippen LogP contribution in [0.3, 0.4) is 0 Å². The molecule has 1 aromatic heterocycles. The highest BCUT2D eigenvalue weighted by Crippen LogP contribution is 2.22. The van der Waals surface area contributed by atoms with E-state index in [1.54, 1.807) is 0 Å². The Hall–Kier alpha value is -1.39. The maximum atomic E-state index is 4.59. The molecule has 1 aromatic carbocycles. The quantitative estimate of drug-likeness (QED) is 0.856. The van der Waals surface area contributed by atoms with Crippen molar-refractivity contribution in [3.8, 4) is 0 Å². The Bertz CT molecular complexity index is 570. The second-order valence-corrected chi connectivity index (χ2v) is 6.43. The lowest BCUT2D eigenvalue weighted by atomic mass is 10.2. The molecule has 1 heterocycles. The lowest BCUT2D eigenvalue weighted by molar-refractivity contribution is 0.587. The van der Waals surface area contributed by atoms with E-state index in [9.17, 15) is 0 Å². The molecule has 0 aliphatic heterocycles. The van der Waals surface area contributed by atoms with E-state index in [1.165, 1.54) is 11.1 Å². The van der Waals surface area contributed by atoms with E-state index in [2.05, 4.69) is 82.4 Å². The summed E-state index contributed by atoms with van der Waals surface area (Å²) in [5, 5.41) is 3.46. The molecule has 0 saturated carbocycles. The molecule has 0 unspecified atom stereocenters. The van der Waals surface area contributed by atoms with Crippen molar-refractivity contribution in [2.24, 2.45) is 0 Å². The number of halogens is 1. The fraction of sp³-hybridized carbons (Fsp3) is 0.353. The van der Waals surface area contributed by atoms with Crippen LogP contribution >= 0.6 is 15.9 Å². The number of hydrogen-bond acceptors (Lipinski definition) is 3. The maximum absolute atomic E-state index is 4.59. The summed E-state index contributed by atoms with van der Waals surface area (Å²) in [6.45, 7) is 5.97. The van der Waals surface area contributed by atoms with Gasteiger partial charge in [-0.1, -0.05) is 44.2 Å². The van der Waals surface area contributed by atoms with E-state index in [1.807, 2.05) is 12.3 Å². The molecule has 3 nitrogen and oxygen atoms in total. The van der Waals surface area contributed by atoms with Crippen LogP contribution in [-0.2, 0) is 13.1 Å². The Balaban J connectivity index is 2.17. The van der Waals surface area contributed by atoms with Crippen molar-refractivity contribution >= 4 is 21.7 Å². The molecular weight excluding hydrogens is 326 g/mol. The monoisotopic (exact) mass is 347 g/mol. The first kappa shape index (κ1) is 16.0. The van der Waals surface area contributed by atoms with Crippen molar-refractivity contribution in [3.05, 3.63) is 58.2 Å². The van der Waals surface area contributed by atoms with Crippen LogP contribution in [0.25, 0.3) is 0 Å². The number of aromatic nitrogens is 1. The van der Waals surface area contributed by atoms with E-state index in [0.29, 0.717) is 6.04 Å². The molecule has 2 aromatic rings. The van der Waals surface area contributed by atoms with Gasteiger partial charge in [-0.2, -0.15) is 0 Å². The van der Waals surface area contributed by atoms with E-state index in [4.69, 9.17) is 0 Å². The molecule has 0 bridgehead atoms. The smallest absolute Gasteiger partial charge is 0.133 e. The number of nitrogens with zero attached hydrogens (tertiary/aromatic N) is 2. The fourth-order valence-electron chi connectivity index (χ4n) is 2.19. The minimum atomic E-state index is 0.455. The zero-order valence-electron chi connectivity index (χ0n) is 12.8. The lowest BCUT2D eigenvalue weighted by Crippen LogP contribution is -2.25. The molecule has 0 aliphatic rings. The molecule has 0 spiro atoms.